The Bertz CT molecular complexity index is 569. The smallest absolute Gasteiger partial charge is 0.410 e. The summed E-state index contributed by atoms with van der Waals surface area (Å²) < 4.78 is 6.42. The van der Waals surface area contributed by atoms with Crippen LogP contribution < -0.4 is 5.32 Å². The van der Waals surface area contributed by atoms with E-state index in [1.54, 1.807) is 0 Å². The molecule has 1 aliphatic heterocycles. The van der Waals surface area contributed by atoms with Gasteiger partial charge in [0.15, 0.2) is 0 Å². The van der Waals surface area contributed by atoms with Crippen molar-refractivity contribution in [2.45, 2.75) is 45.3 Å². The molecule has 22 heavy (non-hydrogen) atoms. The molecule has 0 unspecified atom stereocenters. The molecule has 120 valence electrons. The molecule has 0 bridgehead atoms. The van der Waals surface area contributed by atoms with E-state index in [0.29, 0.717) is 13.0 Å². The lowest BCUT2D eigenvalue weighted by Crippen LogP contribution is -2.45. The van der Waals surface area contributed by atoms with E-state index in [0.717, 1.165) is 15.7 Å². The number of amides is 2. The van der Waals surface area contributed by atoms with E-state index in [4.69, 9.17) is 4.74 Å². The summed E-state index contributed by atoms with van der Waals surface area (Å²) in [5.74, 6) is -0.162. The lowest BCUT2D eigenvalue weighted by Gasteiger charge is -2.28. The molecule has 1 heterocycles. The molecule has 1 fully saturated rings. The molecule has 1 saturated heterocycles. The van der Waals surface area contributed by atoms with Crippen molar-refractivity contribution in [3.63, 3.8) is 0 Å². The van der Waals surface area contributed by atoms with Crippen molar-refractivity contribution in [3.8, 4) is 0 Å². The highest BCUT2D eigenvalue weighted by atomic mass is 127. The minimum absolute atomic E-state index is 0.162. The third-order valence-electron chi connectivity index (χ3n) is 3.28. The van der Waals surface area contributed by atoms with Gasteiger partial charge in [0.05, 0.1) is 0 Å². The minimum atomic E-state index is -0.559. The predicted octanol–water partition coefficient (Wildman–Crippen LogP) is 3.63. The van der Waals surface area contributed by atoms with Crippen molar-refractivity contribution in [3.05, 3.63) is 27.8 Å². The average molecular weight is 416 g/mol. The fourth-order valence-electron chi connectivity index (χ4n) is 2.37. The molecule has 1 aliphatic rings. The number of likely N-dealkylation sites (tertiary alicyclic amines) is 1. The van der Waals surface area contributed by atoms with Crippen molar-refractivity contribution in [1.82, 2.24) is 4.90 Å². The van der Waals surface area contributed by atoms with Gasteiger partial charge in [-0.25, -0.2) is 4.79 Å². The van der Waals surface area contributed by atoms with Crippen LogP contribution in [0.5, 0.6) is 0 Å². The van der Waals surface area contributed by atoms with E-state index >= 15 is 0 Å². The van der Waals surface area contributed by atoms with Crippen LogP contribution in [-0.2, 0) is 9.53 Å². The summed E-state index contributed by atoms with van der Waals surface area (Å²) in [6, 6.07) is 7.11. The molecule has 0 spiro atoms. The monoisotopic (exact) mass is 416 g/mol. The SMILES string of the molecule is CC(C)(C)OC(=O)N1CCC[C@@H]1C(=O)Nc1cccc(I)c1. The van der Waals surface area contributed by atoms with E-state index in [1.165, 1.54) is 4.90 Å². The first-order valence-corrected chi connectivity index (χ1v) is 8.40. The van der Waals surface area contributed by atoms with Crippen LogP contribution >= 0.6 is 22.6 Å². The van der Waals surface area contributed by atoms with Crippen molar-refractivity contribution >= 4 is 40.3 Å². The van der Waals surface area contributed by atoms with Crippen LogP contribution in [0.15, 0.2) is 24.3 Å². The summed E-state index contributed by atoms with van der Waals surface area (Å²) in [5, 5.41) is 2.88. The zero-order chi connectivity index (χ0) is 16.3. The number of rotatable bonds is 2. The lowest BCUT2D eigenvalue weighted by molar-refractivity contribution is -0.120. The highest BCUT2D eigenvalue weighted by Crippen LogP contribution is 2.22. The van der Waals surface area contributed by atoms with Crippen molar-refractivity contribution in [2.75, 3.05) is 11.9 Å². The quantitative estimate of drug-likeness (QED) is 0.750. The first kappa shape index (κ1) is 17.1. The molecule has 1 aromatic carbocycles. The summed E-state index contributed by atoms with van der Waals surface area (Å²) in [4.78, 5) is 26.2. The minimum Gasteiger partial charge on any atom is -0.444 e. The zero-order valence-corrected chi connectivity index (χ0v) is 15.2. The molecule has 2 amide bonds. The van der Waals surface area contributed by atoms with Gasteiger partial charge < -0.3 is 10.1 Å². The molecule has 1 N–H and O–H groups in total. The standard InChI is InChI=1S/C16H21IN2O3/c1-16(2,3)22-15(21)19-9-5-8-13(19)14(20)18-12-7-4-6-11(17)10-12/h4,6-7,10,13H,5,8-9H2,1-3H3,(H,18,20)/t13-/m1/s1. The number of ether oxygens (including phenoxy) is 1. The Balaban J connectivity index is 2.03. The molecule has 2 rings (SSSR count). The van der Waals surface area contributed by atoms with Gasteiger partial charge in [0, 0.05) is 15.8 Å². The molecule has 0 aliphatic carbocycles. The number of halogens is 1. The van der Waals surface area contributed by atoms with Crippen LogP contribution in [0.25, 0.3) is 0 Å². The van der Waals surface area contributed by atoms with Crippen LogP contribution in [0.3, 0.4) is 0 Å². The van der Waals surface area contributed by atoms with Gasteiger partial charge in [-0.3, -0.25) is 9.69 Å². The summed E-state index contributed by atoms with van der Waals surface area (Å²) in [6.07, 6.45) is 1.05. The van der Waals surface area contributed by atoms with Gasteiger partial charge in [-0.05, 0) is 74.4 Å². The maximum Gasteiger partial charge on any atom is 0.410 e. The van der Waals surface area contributed by atoms with Crippen LogP contribution in [0.2, 0.25) is 0 Å². The van der Waals surface area contributed by atoms with Crippen LogP contribution in [0.1, 0.15) is 33.6 Å². The Labute approximate surface area is 144 Å². The van der Waals surface area contributed by atoms with Crippen LogP contribution in [-0.4, -0.2) is 35.1 Å². The van der Waals surface area contributed by atoms with E-state index in [9.17, 15) is 9.59 Å². The summed E-state index contributed by atoms with van der Waals surface area (Å²) in [6.45, 7) is 6.02. The average Bonchev–Trinajstić information content (AvgIpc) is 2.85. The second kappa shape index (κ2) is 6.85. The summed E-state index contributed by atoms with van der Waals surface area (Å²) >= 11 is 2.19. The number of carbonyl (C=O) groups is 2. The molecular formula is C16H21IN2O3. The Hall–Kier alpha value is -1.31. The first-order chi connectivity index (χ1) is 10.3. The second-order valence-corrected chi connectivity index (χ2v) is 7.58. The zero-order valence-electron chi connectivity index (χ0n) is 13.1. The Kier molecular flexibility index (Phi) is 5.31. The Morgan fingerprint density at radius 1 is 1.36 bits per heavy atom. The third kappa shape index (κ3) is 4.59. The number of hydrogen-bond acceptors (Lipinski definition) is 3. The van der Waals surface area contributed by atoms with Crippen LogP contribution in [0.4, 0.5) is 10.5 Å². The third-order valence-corrected chi connectivity index (χ3v) is 3.95. The van der Waals surface area contributed by atoms with E-state index in [1.807, 2.05) is 45.0 Å². The highest BCUT2D eigenvalue weighted by molar-refractivity contribution is 14.1. The highest BCUT2D eigenvalue weighted by Gasteiger charge is 2.36. The number of anilines is 1. The molecule has 0 radical (unpaired) electrons. The van der Waals surface area contributed by atoms with Gasteiger partial charge in [-0.15, -0.1) is 0 Å². The van der Waals surface area contributed by atoms with Crippen LogP contribution in [0, 0.1) is 3.57 Å². The molecule has 5 nitrogen and oxygen atoms in total. The van der Waals surface area contributed by atoms with Gasteiger partial charge in [0.25, 0.3) is 0 Å². The molecular weight excluding hydrogens is 395 g/mol. The van der Waals surface area contributed by atoms with Gasteiger partial charge in [-0.2, -0.15) is 0 Å². The fourth-order valence-corrected chi connectivity index (χ4v) is 2.91. The molecule has 0 aromatic heterocycles. The van der Waals surface area contributed by atoms with Crippen molar-refractivity contribution in [2.24, 2.45) is 0 Å². The Morgan fingerprint density at radius 2 is 2.09 bits per heavy atom. The number of nitrogens with zero attached hydrogens (tertiary/aromatic N) is 1. The van der Waals surface area contributed by atoms with Crippen molar-refractivity contribution < 1.29 is 14.3 Å². The lowest BCUT2D eigenvalue weighted by atomic mass is 10.2. The molecule has 6 heteroatoms. The number of carbonyl (C=O) groups excluding carboxylic acids is 2. The van der Waals surface area contributed by atoms with E-state index < -0.39 is 17.7 Å². The normalized spacial score (nSPS) is 18.2. The number of benzene rings is 1. The maximum absolute atomic E-state index is 12.4. The number of nitrogens with one attached hydrogen (secondary N) is 1. The van der Waals surface area contributed by atoms with Gasteiger partial charge >= 0.3 is 6.09 Å². The maximum atomic E-state index is 12.4. The molecule has 0 saturated carbocycles. The van der Waals surface area contributed by atoms with E-state index in [-0.39, 0.29) is 5.91 Å². The van der Waals surface area contributed by atoms with Crippen molar-refractivity contribution in [1.29, 1.82) is 0 Å². The van der Waals surface area contributed by atoms with Gasteiger partial charge in [0.1, 0.15) is 11.6 Å². The van der Waals surface area contributed by atoms with Gasteiger partial charge in [0.2, 0.25) is 5.91 Å². The largest absolute Gasteiger partial charge is 0.444 e. The topological polar surface area (TPSA) is 58.6 Å². The Morgan fingerprint density at radius 3 is 2.73 bits per heavy atom. The molecule has 1 atom stereocenters. The summed E-state index contributed by atoms with van der Waals surface area (Å²) in [7, 11) is 0. The first-order valence-electron chi connectivity index (χ1n) is 7.32. The molecule has 1 aromatic rings. The van der Waals surface area contributed by atoms with Gasteiger partial charge in [-0.1, -0.05) is 6.07 Å². The number of hydrogen-bond donors (Lipinski definition) is 1. The van der Waals surface area contributed by atoms with E-state index in [2.05, 4.69) is 27.9 Å². The fraction of sp³-hybridized carbons (Fsp3) is 0.500. The predicted molar refractivity (Wildman–Crippen MR) is 93.8 cm³/mol. The summed E-state index contributed by atoms with van der Waals surface area (Å²) in [5.41, 5.74) is 0.184. The second-order valence-electron chi connectivity index (χ2n) is 6.33.